The van der Waals surface area contributed by atoms with Crippen LogP contribution in [0.25, 0.3) is 0 Å². The van der Waals surface area contributed by atoms with Crippen LogP contribution in [0.2, 0.25) is 0 Å². The van der Waals surface area contributed by atoms with Crippen LogP contribution < -0.4 is 5.32 Å². The van der Waals surface area contributed by atoms with Crippen molar-refractivity contribution >= 4 is 11.6 Å². The first kappa shape index (κ1) is 13.8. The van der Waals surface area contributed by atoms with Gasteiger partial charge in [-0.2, -0.15) is 0 Å². The Bertz CT molecular complexity index is 727. The zero-order valence-corrected chi connectivity index (χ0v) is 11.9. The number of hydrogen-bond donors (Lipinski definition) is 2. The Morgan fingerprint density at radius 2 is 2.00 bits per heavy atom. The van der Waals surface area contributed by atoms with Gasteiger partial charge in [0, 0.05) is 0 Å². The van der Waals surface area contributed by atoms with Gasteiger partial charge in [0.15, 0.2) is 0 Å². The molecule has 0 spiro atoms. The van der Waals surface area contributed by atoms with Crippen LogP contribution in [0.5, 0.6) is 0 Å². The fourth-order valence-electron chi connectivity index (χ4n) is 2.69. The highest BCUT2D eigenvalue weighted by Crippen LogP contribution is 2.37. The van der Waals surface area contributed by atoms with Crippen LogP contribution in [-0.2, 0) is 4.79 Å². The maximum Gasteiger partial charge on any atom is 0.231 e. The van der Waals surface area contributed by atoms with Crippen molar-refractivity contribution in [3.63, 3.8) is 0 Å². The van der Waals surface area contributed by atoms with E-state index in [9.17, 15) is 14.3 Å². The molecule has 0 saturated heterocycles. The summed E-state index contributed by atoms with van der Waals surface area (Å²) in [6.07, 6.45) is -0.910. The van der Waals surface area contributed by atoms with Gasteiger partial charge in [-0.3, -0.25) is 4.79 Å². The van der Waals surface area contributed by atoms with Crippen LogP contribution >= 0.6 is 0 Å². The number of anilines is 1. The second kappa shape index (κ2) is 4.97. The van der Waals surface area contributed by atoms with Crippen molar-refractivity contribution in [3.8, 4) is 0 Å². The van der Waals surface area contributed by atoms with Gasteiger partial charge in [0.05, 0.1) is 11.6 Å². The number of carbonyl (C=O) groups excluding carboxylic acids is 1. The molecule has 2 N–H and O–H groups in total. The Balaban J connectivity index is 2.05. The third-order valence-corrected chi connectivity index (χ3v) is 3.92. The third kappa shape index (κ3) is 2.32. The average molecular weight is 285 g/mol. The summed E-state index contributed by atoms with van der Waals surface area (Å²) in [7, 11) is 0. The molecule has 2 aromatic rings. The summed E-state index contributed by atoms with van der Waals surface area (Å²) < 4.78 is 14.1. The molecule has 2 aromatic carbocycles. The summed E-state index contributed by atoms with van der Waals surface area (Å²) in [5.41, 5.74) is 3.02. The number of amides is 1. The quantitative estimate of drug-likeness (QED) is 0.889. The van der Waals surface area contributed by atoms with Gasteiger partial charge >= 0.3 is 0 Å². The van der Waals surface area contributed by atoms with Crippen molar-refractivity contribution < 1.29 is 14.3 Å². The largest absolute Gasteiger partial charge is 0.384 e. The Morgan fingerprint density at radius 3 is 2.71 bits per heavy atom. The first-order valence-corrected chi connectivity index (χ1v) is 6.86. The lowest BCUT2D eigenvalue weighted by Gasteiger charge is -2.14. The highest BCUT2D eigenvalue weighted by atomic mass is 19.1. The molecular formula is C17H16FNO2. The second-order valence-electron chi connectivity index (χ2n) is 5.49. The molecule has 0 saturated carbocycles. The lowest BCUT2D eigenvalue weighted by Crippen LogP contribution is -2.08. The molecular weight excluding hydrogens is 269 g/mol. The third-order valence-electron chi connectivity index (χ3n) is 3.92. The second-order valence-corrected chi connectivity index (χ2v) is 5.49. The Labute approximate surface area is 122 Å². The summed E-state index contributed by atoms with van der Waals surface area (Å²) >= 11 is 0. The summed E-state index contributed by atoms with van der Waals surface area (Å²) in [5, 5.41) is 13.0. The standard InChI is InChI=1S/C17H16FNO2/c1-9-4-3-5-11(6-9)16(20)12-7-13-10(2)17(21)19-15(13)14(18)8-12/h3-8,10,16,20H,1-2H3,(H,19,21). The van der Waals surface area contributed by atoms with E-state index < -0.39 is 17.8 Å². The molecule has 108 valence electrons. The van der Waals surface area contributed by atoms with Crippen molar-refractivity contribution in [3.05, 3.63) is 64.5 Å². The summed E-state index contributed by atoms with van der Waals surface area (Å²) in [5.74, 6) is -1.13. The molecule has 4 heteroatoms. The maximum atomic E-state index is 14.1. The SMILES string of the molecule is Cc1cccc(C(O)c2cc(F)c3c(c2)C(C)C(=O)N3)c1. The fourth-order valence-corrected chi connectivity index (χ4v) is 2.69. The molecule has 2 atom stereocenters. The minimum Gasteiger partial charge on any atom is -0.384 e. The maximum absolute atomic E-state index is 14.1. The minimum atomic E-state index is -0.910. The molecule has 1 aliphatic heterocycles. The number of hydrogen-bond acceptors (Lipinski definition) is 2. The van der Waals surface area contributed by atoms with Gasteiger partial charge in [0.2, 0.25) is 5.91 Å². The topological polar surface area (TPSA) is 49.3 Å². The van der Waals surface area contributed by atoms with Gasteiger partial charge in [-0.25, -0.2) is 4.39 Å². The molecule has 21 heavy (non-hydrogen) atoms. The Kier molecular flexibility index (Phi) is 3.26. The van der Waals surface area contributed by atoms with Gasteiger partial charge in [0.25, 0.3) is 0 Å². The van der Waals surface area contributed by atoms with E-state index in [1.165, 1.54) is 6.07 Å². The van der Waals surface area contributed by atoms with Crippen molar-refractivity contribution in [2.24, 2.45) is 0 Å². The van der Waals surface area contributed by atoms with Crippen molar-refractivity contribution in [2.75, 3.05) is 5.32 Å². The number of nitrogens with one attached hydrogen (secondary N) is 1. The first-order chi connectivity index (χ1) is 9.97. The molecule has 0 radical (unpaired) electrons. The summed E-state index contributed by atoms with van der Waals surface area (Å²) in [6.45, 7) is 3.66. The smallest absolute Gasteiger partial charge is 0.231 e. The number of rotatable bonds is 2. The van der Waals surface area contributed by atoms with Gasteiger partial charge in [0.1, 0.15) is 11.9 Å². The zero-order valence-electron chi connectivity index (χ0n) is 11.9. The molecule has 0 aromatic heterocycles. The van der Waals surface area contributed by atoms with E-state index in [0.29, 0.717) is 16.7 Å². The van der Waals surface area contributed by atoms with E-state index >= 15 is 0 Å². The van der Waals surface area contributed by atoms with E-state index in [1.807, 2.05) is 25.1 Å². The molecule has 3 nitrogen and oxygen atoms in total. The van der Waals surface area contributed by atoms with Crippen LogP contribution in [0.15, 0.2) is 36.4 Å². The van der Waals surface area contributed by atoms with Crippen LogP contribution in [0, 0.1) is 12.7 Å². The van der Waals surface area contributed by atoms with Gasteiger partial charge in [-0.1, -0.05) is 29.8 Å². The molecule has 3 rings (SSSR count). The predicted octanol–water partition coefficient (Wildman–Crippen LogP) is 3.27. The summed E-state index contributed by atoms with van der Waals surface area (Å²) in [4.78, 5) is 11.6. The first-order valence-electron chi connectivity index (χ1n) is 6.86. The van der Waals surface area contributed by atoms with E-state index in [-0.39, 0.29) is 11.6 Å². The highest BCUT2D eigenvalue weighted by molar-refractivity contribution is 6.02. The van der Waals surface area contributed by atoms with Crippen LogP contribution in [0.3, 0.4) is 0 Å². The number of carbonyl (C=O) groups is 1. The fraction of sp³-hybridized carbons (Fsp3) is 0.235. The van der Waals surface area contributed by atoms with Crippen LogP contribution in [0.4, 0.5) is 10.1 Å². The van der Waals surface area contributed by atoms with E-state index in [4.69, 9.17) is 0 Å². The highest BCUT2D eigenvalue weighted by Gasteiger charge is 2.30. The molecule has 0 aliphatic carbocycles. The van der Waals surface area contributed by atoms with E-state index in [2.05, 4.69) is 5.32 Å². The number of aryl methyl sites for hydroxylation is 1. The lowest BCUT2D eigenvalue weighted by molar-refractivity contribution is -0.116. The number of halogens is 1. The van der Waals surface area contributed by atoms with E-state index in [0.717, 1.165) is 5.56 Å². The monoisotopic (exact) mass is 285 g/mol. The number of fused-ring (bicyclic) bond motifs is 1. The number of aliphatic hydroxyl groups excluding tert-OH is 1. The normalized spacial score (nSPS) is 18.3. The van der Waals surface area contributed by atoms with Crippen molar-refractivity contribution in [2.45, 2.75) is 25.9 Å². The molecule has 1 aliphatic rings. The van der Waals surface area contributed by atoms with Crippen molar-refractivity contribution in [1.82, 2.24) is 0 Å². The van der Waals surface area contributed by atoms with Gasteiger partial charge in [-0.15, -0.1) is 0 Å². The lowest BCUT2D eigenvalue weighted by atomic mass is 9.94. The van der Waals surface area contributed by atoms with Crippen LogP contribution in [-0.4, -0.2) is 11.0 Å². The van der Waals surface area contributed by atoms with E-state index in [1.54, 1.807) is 19.1 Å². The molecule has 0 bridgehead atoms. The number of benzene rings is 2. The van der Waals surface area contributed by atoms with Gasteiger partial charge in [-0.05, 0) is 42.7 Å². The molecule has 2 unspecified atom stereocenters. The van der Waals surface area contributed by atoms with Crippen molar-refractivity contribution in [1.29, 1.82) is 0 Å². The molecule has 1 amide bonds. The predicted molar refractivity (Wildman–Crippen MR) is 78.7 cm³/mol. The molecule has 1 heterocycles. The Hall–Kier alpha value is -2.20. The van der Waals surface area contributed by atoms with Gasteiger partial charge < -0.3 is 10.4 Å². The summed E-state index contributed by atoms with van der Waals surface area (Å²) in [6, 6.07) is 10.4. The minimum absolute atomic E-state index is 0.217. The Morgan fingerprint density at radius 1 is 1.24 bits per heavy atom. The molecule has 0 fully saturated rings. The van der Waals surface area contributed by atoms with Crippen LogP contribution in [0.1, 0.15) is 41.2 Å². The number of aliphatic hydroxyl groups is 1. The zero-order chi connectivity index (χ0) is 15.1. The average Bonchev–Trinajstić information content (AvgIpc) is 2.75.